The van der Waals surface area contributed by atoms with Gasteiger partial charge in [0.2, 0.25) is 5.91 Å². The van der Waals surface area contributed by atoms with E-state index in [0.717, 1.165) is 26.3 Å². The lowest BCUT2D eigenvalue weighted by Gasteiger charge is -2.22. The average molecular weight is 399 g/mol. The fraction of sp³-hybridized carbons (Fsp3) is 0.100. The van der Waals surface area contributed by atoms with Crippen molar-refractivity contribution >= 4 is 61.2 Å². The molecule has 1 amide bonds. The summed E-state index contributed by atoms with van der Waals surface area (Å²) in [5.41, 5.74) is 2.53. The van der Waals surface area contributed by atoms with Crippen molar-refractivity contribution in [3.63, 3.8) is 0 Å². The molecule has 0 bridgehead atoms. The molecule has 0 unspecified atom stereocenters. The minimum absolute atomic E-state index is 0.0168. The summed E-state index contributed by atoms with van der Waals surface area (Å²) in [6, 6.07) is 17.5. The van der Waals surface area contributed by atoms with Crippen LogP contribution in [0.4, 0.5) is 10.8 Å². The van der Waals surface area contributed by atoms with Crippen molar-refractivity contribution in [2.24, 2.45) is 0 Å². The third-order valence-electron chi connectivity index (χ3n) is 4.11. The van der Waals surface area contributed by atoms with Gasteiger partial charge in [0.1, 0.15) is 0 Å². The molecule has 0 fully saturated rings. The fourth-order valence-corrected chi connectivity index (χ4v) is 4.64. The molecule has 0 saturated carbocycles. The maximum Gasteiger partial charge on any atom is 0.238 e. The SMILES string of the molecule is Cc1c(Cl)cccc1N(C(=O)Cc1cccs1)c1nc2ccccc2s1. The Morgan fingerprint density at radius 3 is 2.73 bits per heavy atom. The van der Waals surface area contributed by atoms with Crippen LogP contribution in [0.15, 0.2) is 60.0 Å². The zero-order valence-electron chi connectivity index (χ0n) is 14.0. The number of aromatic nitrogens is 1. The molecule has 2 heterocycles. The molecule has 6 heteroatoms. The van der Waals surface area contributed by atoms with E-state index in [-0.39, 0.29) is 5.91 Å². The number of hydrogen-bond acceptors (Lipinski definition) is 4. The van der Waals surface area contributed by atoms with Gasteiger partial charge >= 0.3 is 0 Å². The zero-order chi connectivity index (χ0) is 18.1. The van der Waals surface area contributed by atoms with Crippen LogP contribution in [-0.4, -0.2) is 10.9 Å². The van der Waals surface area contributed by atoms with E-state index in [9.17, 15) is 4.79 Å². The number of anilines is 2. The van der Waals surface area contributed by atoms with Crippen LogP contribution in [-0.2, 0) is 11.2 Å². The van der Waals surface area contributed by atoms with Crippen LogP contribution in [0.2, 0.25) is 5.02 Å². The van der Waals surface area contributed by atoms with Gasteiger partial charge in [0.05, 0.1) is 22.3 Å². The number of nitrogens with zero attached hydrogens (tertiary/aromatic N) is 2. The maximum atomic E-state index is 13.2. The van der Waals surface area contributed by atoms with Crippen molar-refractivity contribution < 1.29 is 4.79 Å². The molecule has 0 aliphatic carbocycles. The number of fused-ring (bicyclic) bond motifs is 1. The van der Waals surface area contributed by atoms with Crippen molar-refractivity contribution in [3.8, 4) is 0 Å². The lowest BCUT2D eigenvalue weighted by molar-refractivity contribution is -0.117. The second-order valence-corrected chi connectivity index (χ2v) is 8.28. The average Bonchev–Trinajstić information content (AvgIpc) is 3.28. The highest BCUT2D eigenvalue weighted by Crippen LogP contribution is 2.37. The first kappa shape index (κ1) is 17.2. The summed E-state index contributed by atoms with van der Waals surface area (Å²) in [4.78, 5) is 20.6. The van der Waals surface area contributed by atoms with Gasteiger partial charge in [-0.25, -0.2) is 4.98 Å². The molecule has 0 aliphatic heterocycles. The summed E-state index contributed by atoms with van der Waals surface area (Å²) in [7, 11) is 0. The van der Waals surface area contributed by atoms with E-state index in [4.69, 9.17) is 16.6 Å². The zero-order valence-corrected chi connectivity index (χ0v) is 16.4. The summed E-state index contributed by atoms with van der Waals surface area (Å²) >= 11 is 9.41. The van der Waals surface area contributed by atoms with Crippen molar-refractivity contribution in [2.75, 3.05) is 4.90 Å². The first-order chi connectivity index (χ1) is 12.6. The first-order valence-electron chi connectivity index (χ1n) is 8.09. The number of amides is 1. The molecule has 4 rings (SSSR count). The van der Waals surface area contributed by atoms with E-state index in [1.807, 2.05) is 66.9 Å². The molecular weight excluding hydrogens is 384 g/mol. The van der Waals surface area contributed by atoms with Crippen molar-refractivity contribution in [2.45, 2.75) is 13.3 Å². The van der Waals surface area contributed by atoms with Gasteiger partial charge < -0.3 is 0 Å². The third-order valence-corrected chi connectivity index (χ3v) is 6.42. The highest BCUT2D eigenvalue weighted by Gasteiger charge is 2.24. The molecular formula is C20H15ClN2OS2. The first-order valence-corrected chi connectivity index (χ1v) is 10.2. The number of rotatable bonds is 4. The largest absolute Gasteiger partial charge is 0.274 e. The molecule has 4 aromatic rings. The molecule has 3 nitrogen and oxygen atoms in total. The van der Waals surface area contributed by atoms with E-state index in [1.54, 1.807) is 16.2 Å². The topological polar surface area (TPSA) is 33.2 Å². The molecule has 0 atom stereocenters. The molecule has 0 spiro atoms. The normalized spacial score (nSPS) is 11.0. The number of halogens is 1. The number of para-hydroxylation sites is 1. The molecule has 2 aromatic carbocycles. The number of hydrogen-bond donors (Lipinski definition) is 0. The molecule has 0 saturated heterocycles. The van der Waals surface area contributed by atoms with Gasteiger partial charge in [-0.05, 0) is 48.2 Å². The number of carbonyl (C=O) groups is 1. The highest BCUT2D eigenvalue weighted by molar-refractivity contribution is 7.22. The summed E-state index contributed by atoms with van der Waals surface area (Å²) < 4.78 is 1.05. The Labute approximate surface area is 164 Å². The Morgan fingerprint density at radius 2 is 1.96 bits per heavy atom. The molecule has 2 aromatic heterocycles. The summed E-state index contributed by atoms with van der Waals surface area (Å²) in [5, 5.41) is 3.28. The highest BCUT2D eigenvalue weighted by atomic mass is 35.5. The van der Waals surface area contributed by atoms with Gasteiger partial charge in [0, 0.05) is 9.90 Å². The van der Waals surface area contributed by atoms with Crippen LogP contribution in [0, 0.1) is 6.92 Å². The second kappa shape index (κ2) is 7.19. The summed E-state index contributed by atoms with van der Waals surface area (Å²) in [5.74, 6) is -0.0168. The van der Waals surface area contributed by atoms with Crippen molar-refractivity contribution in [3.05, 3.63) is 75.4 Å². The van der Waals surface area contributed by atoms with Crippen molar-refractivity contribution in [1.82, 2.24) is 4.98 Å². The molecule has 130 valence electrons. The number of thiophene rings is 1. The van der Waals surface area contributed by atoms with Crippen LogP contribution in [0.25, 0.3) is 10.2 Å². The molecule has 0 N–H and O–H groups in total. The predicted molar refractivity (Wildman–Crippen MR) is 111 cm³/mol. The molecule has 0 radical (unpaired) electrons. The minimum atomic E-state index is -0.0168. The van der Waals surface area contributed by atoms with Crippen LogP contribution in [0.3, 0.4) is 0 Å². The van der Waals surface area contributed by atoms with Crippen LogP contribution in [0.5, 0.6) is 0 Å². The quantitative estimate of drug-likeness (QED) is 0.408. The lowest BCUT2D eigenvalue weighted by atomic mass is 10.1. The summed E-state index contributed by atoms with van der Waals surface area (Å²) in [6.07, 6.45) is 0.333. The van der Waals surface area contributed by atoms with Gasteiger partial charge in [-0.2, -0.15) is 0 Å². The van der Waals surface area contributed by atoms with E-state index in [2.05, 4.69) is 0 Å². The Kier molecular flexibility index (Phi) is 4.76. The minimum Gasteiger partial charge on any atom is -0.274 e. The lowest BCUT2D eigenvalue weighted by Crippen LogP contribution is -2.28. The van der Waals surface area contributed by atoms with Crippen molar-refractivity contribution in [1.29, 1.82) is 0 Å². The van der Waals surface area contributed by atoms with Crippen LogP contribution < -0.4 is 4.90 Å². The number of thiazole rings is 1. The number of benzene rings is 2. The fourth-order valence-electron chi connectivity index (χ4n) is 2.78. The Bertz CT molecular complexity index is 1040. The number of carbonyl (C=O) groups excluding carboxylic acids is 1. The van der Waals surface area contributed by atoms with Gasteiger partial charge in [-0.15, -0.1) is 11.3 Å². The van der Waals surface area contributed by atoms with E-state index in [0.29, 0.717) is 16.6 Å². The van der Waals surface area contributed by atoms with E-state index >= 15 is 0 Å². The Morgan fingerprint density at radius 1 is 1.12 bits per heavy atom. The van der Waals surface area contributed by atoms with E-state index in [1.165, 1.54) is 11.3 Å². The van der Waals surface area contributed by atoms with E-state index < -0.39 is 0 Å². The Hall–Kier alpha value is -2.21. The van der Waals surface area contributed by atoms with Crippen LogP contribution in [0.1, 0.15) is 10.4 Å². The Balaban J connectivity index is 1.83. The second-order valence-electron chi connectivity index (χ2n) is 5.83. The van der Waals surface area contributed by atoms with Gasteiger partial charge in [0.25, 0.3) is 0 Å². The third kappa shape index (κ3) is 3.26. The van der Waals surface area contributed by atoms with Crippen LogP contribution >= 0.6 is 34.3 Å². The molecule has 26 heavy (non-hydrogen) atoms. The predicted octanol–water partition coefficient (Wildman–Crippen LogP) is 6.23. The monoisotopic (exact) mass is 398 g/mol. The standard InChI is InChI=1S/C20H15ClN2OS2/c1-13-15(21)7-4-9-17(13)23(19(24)12-14-6-5-11-25-14)20-22-16-8-2-3-10-18(16)26-20/h2-11H,12H2,1H3. The smallest absolute Gasteiger partial charge is 0.238 e. The van der Waals surface area contributed by atoms with Gasteiger partial charge in [0.15, 0.2) is 5.13 Å². The molecule has 0 aliphatic rings. The van der Waals surface area contributed by atoms with Gasteiger partial charge in [-0.3, -0.25) is 9.69 Å². The summed E-state index contributed by atoms with van der Waals surface area (Å²) in [6.45, 7) is 1.93. The maximum absolute atomic E-state index is 13.2. The van der Waals surface area contributed by atoms with Gasteiger partial charge in [-0.1, -0.05) is 47.2 Å².